The van der Waals surface area contributed by atoms with E-state index in [1.165, 1.54) is 7.11 Å². The number of methoxy groups -OCH3 is 2. The maximum absolute atomic E-state index is 13.1. The Morgan fingerprint density at radius 3 is 2.54 bits per heavy atom. The molecule has 0 amide bonds. The van der Waals surface area contributed by atoms with E-state index in [1.807, 2.05) is 20.9 Å². The Balaban J connectivity index is 2.06. The molecule has 0 bridgehead atoms. The van der Waals surface area contributed by atoms with Crippen LogP contribution in [0.1, 0.15) is 53.0 Å². The van der Waals surface area contributed by atoms with Crippen molar-refractivity contribution in [2.45, 2.75) is 32.6 Å². The van der Waals surface area contributed by atoms with Crippen molar-refractivity contribution in [3.8, 4) is 17.2 Å². The molecule has 1 aliphatic rings. The summed E-state index contributed by atoms with van der Waals surface area (Å²) in [5.74, 6) is 0.887. The summed E-state index contributed by atoms with van der Waals surface area (Å²) in [5.41, 5.74) is 2.49. The predicted molar refractivity (Wildman–Crippen MR) is 96.4 cm³/mol. The van der Waals surface area contributed by atoms with Gasteiger partial charge in [-0.15, -0.1) is 0 Å². The highest BCUT2D eigenvalue weighted by Crippen LogP contribution is 2.43. The number of carbonyl (C=O) groups is 2. The predicted octanol–water partition coefficient (Wildman–Crippen LogP) is 3.38. The van der Waals surface area contributed by atoms with Crippen LogP contribution in [0.5, 0.6) is 17.2 Å². The van der Waals surface area contributed by atoms with Crippen molar-refractivity contribution in [2.24, 2.45) is 7.05 Å². The molecule has 0 saturated carbocycles. The van der Waals surface area contributed by atoms with Crippen LogP contribution in [0, 0.1) is 6.92 Å². The van der Waals surface area contributed by atoms with Gasteiger partial charge in [-0.05, 0) is 31.5 Å². The Kier molecular flexibility index (Phi) is 4.76. The van der Waals surface area contributed by atoms with E-state index in [0.717, 1.165) is 12.1 Å². The van der Waals surface area contributed by atoms with E-state index < -0.39 is 0 Å². The summed E-state index contributed by atoms with van der Waals surface area (Å²) < 4.78 is 17.8. The summed E-state index contributed by atoms with van der Waals surface area (Å²) >= 11 is 0. The third-order valence-corrected chi connectivity index (χ3v) is 4.88. The fourth-order valence-corrected chi connectivity index (χ4v) is 3.61. The molecule has 6 nitrogen and oxygen atoms in total. The number of fused-ring (bicyclic) bond motifs is 1. The molecule has 0 saturated heterocycles. The van der Waals surface area contributed by atoms with Crippen molar-refractivity contribution in [1.82, 2.24) is 4.57 Å². The van der Waals surface area contributed by atoms with Gasteiger partial charge in [0.15, 0.2) is 17.2 Å². The minimum Gasteiger partial charge on any atom is -0.493 e. The summed E-state index contributed by atoms with van der Waals surface area (Å²) in [5, 5.41) is 0. The van der Waals surface area contributed by atoms with Crippen LogP contribution in [-0.4, -0.2) is 30.5 Å². The van der Waals surface area contributed by atoms with E-state index in [0.29, 0.717) is 40.5 Å². The summed E-state index contributed by atoms with van der Waals surface area (Å²) in [6, 6.07) is 5.07. The molecule has 0 N–H and O–H groups in total. The maximum Gasteiger partial charge on any atom is 0.320 e. The minimum atomic E-state index is -0.314. The number of nitrogens with zero attached hydrogens (tertiary/aromatic N) is 1. The van der Waals surface area contributed by atoms with Gasteiger partial charge < -0.3 is 18.8 Å². The number of hydrogen-bond acceptors (Lipinski definition) is 5. The summed E-state index contributed by atoms with van der Waals surface area (Å²) in [4.78, 5) is 25.3. The van der Waals surface area contributed by atoms with E-state index in [4.69, 9.17) is 14.2 Å². The van der Waals surface area contributed by atoms with E-state index in [9.17, 15) is 9.59 Å². The molecule has 1 atom stereocenters. The number of rotatable bonds is 6. The van der Waals surface area contributed by atoms with Crippen molar-refractivity contribution < 1.29 is 23.8 Å². The number of ketones is 1. The first-order valence-electron chi connectivity index (χ1n) is 8.62. The lowest BCUT2D eigenvalue weighted by Crippen LogP contribution is -2.17. The topological polar surface area (TPSA) is 66.8 Å². The number of carbonyl (C=O) groups excluding carboxylic acids is 2. The normalized spacial score (nSPS) is 15.6. The van der Waals surface area contributed by atoms with Crippen LogP contribution in [0.25, 0.3) is 0 Å². The molecular weight excluding hydrogens is 334 g/mol. The minimum absolute atomic E-state index is 0.147. The number of benzene rings is 1. The zero-order chi connectivity index (χ0) is 19.0. The molecule has 0 radical (unpaired) electrons. The first-order chi connectivity index (χ1) is 12.4. The molecule has 26 heavy (non-hydrogen) atoms. The van der Waals surface area contributed by atoms with Gasteiger partial charge in [0.2, 0.25) is 5.78 Å². The summed E-state index contributed by atoms with van der Waals surface area (Å²) in [6.45, 7) is 3.84. The van der Waals surface area contributed by atoms with Crippen LogP contribution in [0.4, 0.5) is 0 Å². The highest BCUT2D eigenvalue weighted by atomic mass is 16.5. The van der Waals surface area contributed by atoms with E-state index in [-0.39, 0.29) is 17.7 Å². The number of aromatic nitrogens is 1. The molecule has 3 rings (SSSR count). The molecule has 1 unspecified atom stereocenters. The SMILES string of the molecule is CCCC1C(=O)Oc2c(C)c(C(=O)c3ccc(OC)c(OC)c3)n(C)c21. The number of hydrogen-bond donors (Lipinski definition) is 0. The average molecular weight is 357 g/mol. The van der Waals surface area contributed by atoms with Gasteiger partial charge in [0.25, 0.3) is 0 Å². The standard InChI is InChI=1S/C20H23NO5/c1-6-7-13-17-19(26-20(13)23)11(2)16(21(17)3)18(22)12-8-9-14(24-4)15(10-12)25-5/h8-10,13H,6-7H2,1-5H3. The lowest BCUT2D eigenvalue weighted by Gasteiger charge is -2.12. The molecule has 2 heterocycles. The zero-order valence-corrected chi connectivity index (χ0v) is 15.7. The first-order valence-corrected chi connectivity index (χ1v) is 8.62. The average Bonchev–Trinajstić information content (AvgIpc) is 3.09. The molecule has 138 valence electrons. The van der Waals surface area contributed by atoms with Crippen molar-refractivity contribution in [1.29, 1.82) is 0 Å². The molecule has 0 aliphatic carbocycles. The van der Waals surface area contributed by atoms with E-state index in [2.05, 4.69) is 0 Å². The highest BCUT2D eigenvalue weighted by molar-refractivity contribution is 6.10. The third-order valence-electron chi connectivity index (χ3n) is 4.88. The second-order valence-electron chi connectivity index (χ2n) is 6.41. The first kappa shape index (κ1) is 18.0. The third kappa shape index (κ3) is 2.66. The Bertz CT molecular complexity index is 881. The monoisotopic (exact) mass is 357 g/mol. The molecule has 0 fully saturated rings. The van der Waals surface area contributed by atoms with Crippen LogP contribution in [0.2, 0.25) is 0 Å². The second kappa shape index (κ2) is 6.86. The number of esters is 1. The van der Waals surface area contributed by atoms with Crippen molar-refractivity contribution in [3.05, 3.63) is 40.7 Å². The van der Waals surface area contributed by atoms with Gasteiger partial charge in [-0.2, -0.15) is 0 Å². The quantitative estimate of drug-likeness (QED) is 0.586. The lowest BCUT2D eigenvalue weighted by molar-refractivity contribution is -0.134. The van der Waals surface area contributed by atoms with Crippen molar-refractivity contribution in [3.63, 3.8) is 0 Å². The van der Waals surface area contributed by atoms with Gasteiger partial charge in [-0.25, -0.2) is 0 Å². The molecule has 1 aromatic carbocycles. The Morgan fingerprint density at radius 1 is 1.23 bits per heavy atom. The van der Waals surface area contributed by atoms with Crippen LogP contribution in [0.3, 0.4) is 0 Å². The van der Waals surface area contributed by atoms with Gasteiger partial charge >= 0.3 is 5.97 Å². The molecular formula is C20H23NO5. The van der Waals surface area contributed by atoms with Gasteiger partial charge in [0, 0.05) is 18.2 Å². The van der Waals surface area contributed by atoms with Crippen LogP contribution >= 0.6 is 0 Å². The molecule has 1 aliphatic heterocycles. The van der Waals surface area contributed by atoms with E-state index in [1.54, 1.807) is 29.9 Å². The van der Waals surface area contributed by atoms with Crippen molar-refractivity contribution >= 4 is 11.8 Å². The Hall–Kier alpha value is -2.76. The Labute approximate surface area is 152 Å². The highest BCUT2D eigenvalue weighted by Gasteiger charge is 2.39. The van der Waals surface area contributed by atoms with Gasteiger partial charge in [0.05, 0.1) is 25.6 Å². The fourth-order valence-electron chi connectivity index (χ4n) is 3.61. The molecule has 1 aromatic heterocycles. The summed E-state index contributed by atoms with van der Waals surface area (Å²) in [7, 11) is 4.89. The van der Waals surface area contributed by atoms with Crippen LogP contribution in [-0.2, 0) is 11.8 Å². The van der Waals surface area contributed by atoms with Crippen LogP contribution < -0.4 is 14.2 Å². The van der Waals surface area contributed by atoms with Crippen molar-refractivity contribution in [2.75, 3.05) is 14.2 Å². The molecule has 0 spiro atoms. The number of ether oxygens (including phenoxy) is 3. The largest absolute Gasteiger partial charge is 0.493 e. The molecule has 6 heteroatoms. The molecule has 2 aromatic rings. The van der Waals surface area contributed by atoms with Gasteiger partial charge in [0.1, 0.15) is 5.92 Å². The van der Waals surface area contributed by atoms with E-state index >= 15 is 0 Å². The fraction of sp³-hybridized carbons (Fsp3) is 0.400. The van der Waals surface area contributed by atoms with Crippen LogP contribution in [0.15, 0.2) is 18.2 Å². The zero-order valence-electron chi connectivity index (χ0n) is 15.7. The Morgan fingerprint density at radius 2 is 1.92 bits per heavy atom. The smallest absolute Gasteiger partial charge is 0.320 e. The maximum atomic E-state index is 13.1. The second-order valence-corrected chi connectivity index (χ2v) is 6.41. The lowest BCUT2D eigenvalue weighted by atomic mass is 10.0. The summed E-state index contributed by atoms with van der Waals surface area (Å²) in [6.07, 6.45) is 1.56. The van der Waals surface area contributed by atoms with Gasteiger partial charge in [-0.1, -0.05) is 13.3 Å². The van der Waals surface area contributed by atoms with Gasteiger partial charge in [-0.3, -0.25) is 9.59 Å².